The molecule has 2 amide bonds. The molecule has 0 aromatic rings. The molecule has 0 atom stereocenters. The highest BCUT2D eigenvalue weighted by molar-refractivity contribution is 5.78. The summed E-state index contributed by atoms with van der Waals surface area (Å²) in [5, 5.41) is 8.07. The Morgan fingerprint density at radius 1 is 1.88 bits per heavy atom. The Labute approximate surface area is 46.7 Å². The fourth-order valence-electron chi connectivity index (χ4n) is 0.255. The SMILES string of the molecule is CCN(C=O)C(=O)O. The van der Waals surface area contributed by atoms with E-state index in [-0.39, 0.29) is 13.0 Å². The minimum Gasteiger partial charge on any atom is -0.465 e. The molecule has 0 heterocycles. The average molecular weight is 117 g/mol. The summed E-state index contributed by atoms with van der Waals surface area (Å²) in [6.45, 7) is 1.79. The van der Waals surface area contributed by atoms with Crippen LogP contribution < -0.4 is 0 Å². The van der Waals surface area contributed by atoms with E-state index in [0.717, 1.165) is 0 Å². The van der Waals surface area contributed by atoms with E-state index in [2.05, 4.69) is 0 Å². The molecule has 0 saturated carbocycles. The van der Waals surface area contributed by atoms with E-state index in [9.17, 15) is 9.59 Å². The summed E-state index contributed by atoms with van der Waals surface area (Å²) in [5.74, 6) is 0. The van der Waals surface area contributed by atoms with E-state index in [4.69, 9.17) is 5.11 Å². The van der Waals surface area contributed by atoms with Crippen LogP contribution in [0.25, 0.3) is 0 Å². The molecule has 0 unspecified atom stereocenters. The molecular formula is C4H7NO3. The maximum absolute atomic E-state index is 9.86. The number of carbonyl (C=O) groups excluding carboxylic acids is 1. The molecule has 0 aromatic carbocycles. The third-order valence-corrected chi connectivity index (χ3v) is 0.714. The lowest BCUT2D eigenvalue weighted by Crippen LogP contribution is -2.26. The molecule has 0 radical (unpaired) electrons. The zero-order valence-corrected chi connectivity index (χ0v) is 4.50. The average Bonchev–Trinajstić information content (AvgIpc) is 1.69. The zero-order valence-electron chi connectivity index (χ0n) is 4.50. The van der Waals surface area contributed by atoms with Gasteiger partial charge in [-0.3, -0.25) is 9.69 Å². The highest BCUT2D eigenvalue weighted by Crippen LogP contribution is 1.79. The number of carbonyl (C=O) groups is 2. The van der Waals surface area contributed by atoms with Crippen LogP contribution in [-0.4, -0.2) is 29.1 Å². The molecule has 4 heteroatoms. The Kier molecular flexibility index (Phi) is 2.61. The summed E-state index contributed by atoms with van der Waals surface area (Å²) in [7, 11) is 0. The van der Waals surface area contributed by atoms with Crippen LogP contribution in [0.2, 0.25) is 0 Å². The molecule has 0 aromatic heterocycles. The van der Waals surface area contributed by atoms with Gasteiger partial charge in [-0.15, -0.1) is 0 Å². The normalized spacial score (nSPS) is 8.12. The van der Waals surface area contributed by atoms with E-state index < -0.39 is 6.09 Å². The molecule has 0 saturated heterocycles. The first-order valence-electron chi connectivity index (χ1n) is 2.17. The number of amides is 2. The third kappa shape index (κ3) is 1.59. The molecule has 46 valence electrons. The summed E-state index contributed by atoms with van der Waals surface area (Å²) in [6, 6.07) is 0. The quantitative estimate of drug-likeness (QED) is 0.523. The van der Waals surface area contributed by atoms with Crippen LogP contribution in [0.5, 0.6) is 0 Å². The van der Waals surface area contributed by atoms with Crippen molar-refractivity contribution < 1.29 is 14.7 Å². The molecule has 8 heavy (non-hydrogen) atoms. The molecule has 0 spiro atoms. The van der Waals surface area contributed by atoms with Gasteiger partial charge in [-0.1, -0.05) is 0 Å². The monoisotopic (exact) mass is 117 g/mol. The lowest BCUT2D eigenvalue weighted by atomic mass is 10.7. The molecule has 0 aliphatic heterocycles. The maximum atomic E-state index is 9.86. The van der Waals surface area contributed by atoms with Crippen molar-refractivity contribution in [2.24, 2.45) is 0 Å². The minimum absolute atomic E-state index is 0.207. The third-order valence-electron chi connectivity index (χ3n) is 0.714. The van der Waals surface area contributed by atoms with Crippen molar-refractivity contribution in [3.63, 3.8) is 0 Å². The Balaban J connectivity index is 3.69. The van der Waals surface area contributed by atoms with Crippen LogP contribution in [-0.2, 0) is 4.79 Å². The van der Waals surface area contributed by atoms with Crippen LogP contribution in [0.3, 0.4) is 0 Å². The van der Waals surface area contributed by atoms with E-state index in [1.807, 2.05) is 0 Å². The number of hydrogen-bond donors (Lipinski definition) is 1. The standard InChI is InChI=1S/C4H7NO3/c1-2-5(3-6)4(7)8/h3H,2H2,1H3,(H,7,8). The first kappa shape index (κ1) is 6.94. The maximum Gasteiger partial charge on any atom is 0.413 e. The Morgan fingerprint density at radius 2 is 2.38 bits per heavy atom. The van der Waals surface area contributed by atoms with Gasteiger partial charge in [0, 0.05) is 6.54 Å². The topological polar surface area (TPSA) is 57.6 Å². The predicted octanol–water partition coefficient (Wildman–Crippen LogP) is 0.143. The lowest BCUT2D eigenvalue weighted by molar-refractivity contribution is -0.116. The van der Waals surface area contributed by atoms with Gasteiger partial charge in [0.25, 0.3) is 0 Å². The second-order valence-electron chi connectivity index (χ2n) is 1.17. The first-order valence-corrected chi connectivity index (χ1v) is 2.17. The highest BCUT2D eigenvalue weighted by atomic mass is 16.4. The zero-order chi connectivity index (χ0) is 6.57. The number of nitrogens with zero attached hydrogens (tertiary/aromatic N) is 1. The van der Waals surface area contributed by atoms with Crippen LogP contribution in [0.4, 0.5) is 4.79 Å². The van der Waals surface area contributed by atoms with E-state index in [1.54, 1.807) is 6.92 Å². The van der Waals surface area contributed by atoms with Crippen molar-refractivity contribution in [3.05, 3.63) is 0 Å². The number of hydrogen-bond acceptors (Lipinski definition) is 2. The van der Waals surface area contributed by atoms with Gasteiger partial charge >= 0.3 is 6.09 Å². The molecule has 0 fully saturated rings. The van der Waals surface area contributed by atoms with Gasteiger partial charge in [0.15, 0.2) is 0 Å². The number of imide groups is 1. The molecule has 0 rings (SSSR count). The van der Waals surface area contributed by atoms with Crippen LogP contribution >= 0.6 is 0 Å². The second kappa shape index (κ2) is 3.01. The number of rotatable bonds is 2. The van der Waals surface area contributed by atoms with Crippen molar-refractivity contribution >= 4 is 12.5 Å². The first-order chi connectivity index (χ1) is 3.72. The van der Waals surface area contributed by atoms with Crippen molar-refractivity contribution in [3.8, 4) is 0 Å². The Morgan fingerprint density at radius 3 is 2.38 bits per heavy atom. The summed E-state index contributed by atoms with van der Waals surface area (Å²) in [5.41, 5.74) is 0. The number of carboxylic acid groups (broad SMARTS) is 1. The largest absolute Gasteiger partial charge is 0.465 e. The highest BCUT2D eigenvalue weighted by Gasteiger charge is 2.04. The van der Waals surface area contributed by atoms with Gasteiger partial charge in [-0.05, 0) is 6.92 Å². The fourth-order valence-corrected chi connectivity index (χ4v) is 0.255. The van der Waals surface area contributed by atoms with Crippen molar-refractivity contribution in [1.29, 1.82) is 0 Å². The van der Waals surface area contributed by atoms with E-state index in [1.165, 1.54) is 0 Å². The summed E-state index contributed by atoms with van der Waals surface area (Å²) < 4.78 is 0. The van der Waals surface area contributed by atoms with Crippen molar-refractivity contribution in [2.75, 3.05) is 6.54 Å². The smallest absolute Gasteiger partial charge is 0.413 e. The van der Waals surface area contributed by atoms with Gasteiger partial charge in [-0.2, -0.15) is 0 Å². The molecule has 0 aliphatic carbocycles. The molecule has 0 aliphatic rings. The van der Waals surface area contributed by atoms with Gasteiger partial charge in [0.2, 0.25) is 6.41 Å². The van der Waals surface area contributed by atoms with Gasteiger partial charge in [0.1, 0.15) is 0 Å². The van der Waals surface area contributed by atoms with Crippen molar-refractivity contribution in [1.82, 2.24) is 4.90 Å². The van der Waals surface area contributed by atoms with E-state index >= 15 is 0 Å². The second-order valence-corrected chi connectivity index (χ2v) is 1.17. The summed E-state index contributed by atoms with van der Waals surface area (Å²) >= 11 is 0. The van der Waals surface area contributed by atoms with Gasteiger partial charge < -0.3 is 5.11 Å². The van der Waals surface area contributed by atoms with E-state index in [0.29, 0.717) is 4.90 Å². The Hall–Kier alpha value is -1.06. The predicted molar refractivity (Wildman–Crippen MR) is 26.5 cm³/mol. The summed E-state index contributed by atoms with van der Waals surface area (Å²) in [4.78, 5) is 20.2. The molecular weight excluding hydrogens is 110 g/mol. The minimum atomic E-state index is -1.21. The van der Waals surface area contributed by atoms with Crippen LogP contribution in [0, 0.1) is 0 Å². The van der Waals surface area contributed by atoms with Crippen LogP contribution in [0.1, 0.15) is 6.92 Å². The fraction of sp³-hybridized carbons (Fsp3) is 0.500. The molecule has 4 nitrogen and oxygen atoms in total. The Bertz CT molecular complexity index is 101. The summed E-state index contributed by atoms with van der Waals surface area (Å²) in [6.07, 6.45) is -0.926. The van der Waals surface area contributed by atoms with Gasteiger partial charge in [0.05, 0.1) is 0 Å². The molecule has 1 N–H and O–H groups in total. The van der Waals surface area contributed by atoms with Crippen LogP contribution in [0.15, 0.2) is 0 Å². The van der Waals surface area contributed by atoms with Crippen molar-refractivity contribution in [2.45, 2.75) is 6.92 Å². The lowest BCUT2D eigenvalue weighted by Gasteiger charge is -2.04. The van der Waals surface area contributed by atoms with Gasteiger partial charge in [-0.25, -0.2) is 4.79 Å². The molecule has 0 bridgehead atoms.